The van der Waals surface area contributed by atoms with Crippen LogP contribution < -0.4 is 5.73 Å². The number of nitrogens with two attached hydrogens (primary N) is 1. The molecule has 1 aromatic heterocycles. The number of halogens is 2. The summed E-state index contributed by atoms with van der Waals surface area (Å²) in [5.41, 5.74) is 6.04. The van der Waals surface area contributed by atoms with E-state index in [1.54, 1.807) is 6.20 Å². The largest absolute Gasteiger partial charge is 0.398 e. The normalized spacial score (nSPS) is 10.5. The number of anilines is 1. The topological polar surface area (TPSA) is 38.9 Å². The van der Waals surface area contributed by atoms with E-state index in [2.05, 4.69) is 4.98 Å². The highest BCUT2D eigenvalue weighted by Crippen LogP contribution is 2.35. The van der Waals surface area contributed by atoms with Gasteiger partial charge in [-0.15, -0.1) is 11.3 Å². The van der Waals surface area contributed by atoms with Gasteiger partial charge >= 0.3 is 0 Å². The van der Waals surface area contributed by atoms with Gasteiger partial charge < -0.3 is 5.73 Å². The molecule has 1 aromatic carbocycles. The summed E-state index contributed by atoms with van der Waals surface area (Å²) in [5, 5.41) is 1.94. The standard InChI is InChI=1S/C9H6ClFN2S2/c10-5-3-8(7(12)4-6(5)11)15-9-13-1-2-14-9/h1-4H,12H2. The van der Waals surface area contributed by atoms with E-state index in [4.69, 9.17) is 17.3 Å². The SMILES string of the molecule is Nc1cc(F)c(Cl)cc1Sc1nccs1. The van der Waals surface area contributed by atoms with Gasteiger partial charge in [0.05, 0.1) is 5.02 Å². The van der Waals surface area contributed by atoms with Crippen molar-refractivity contribution in [1.29, 1.82) is 0 Å². The maximum Gasteiger partial charge on any atom is 0.154 e. The first-order valence-electron chi connectivity index (χ1n) is 3.98. The van der Waals surface area contributed by atoms with Crippen LogP contribution >= 0.6 is 34.7 Å². The molecule has 0 bridgehead atoms. The highest BCUT2D eigenvalue weighted by atomic mass is 35.5. The third-order valence-electron chi connectivity index (χ3n) is 1.66. The second kappa shape index (κ2) is 4.38. The summed E-state index contributed by atoms with van der Waals surface area (Å²) in [6, 6.07) is 2.73. The van der Waals surface area contributed by atoms with Crippen molar-refractivity contribution >= 4 is 40.4 Å². The van der Waals surface area contributed by atoms with Gasteiger partial charge in [0.25, 0.3) is 0 Å². The van der Waals surface area contributed by atoms with Crippen LogP contribution in [0, 0.1) is 5.82 Å². The minimum atomic E-state index is -0.502. The fourth-order valence-corrected chi connectivity index (χ4v) is 2.86. The molecule has 2 nitrogen and oxygen atoms in total. The summed E-state index contributed by atoms with van der Waals surface area (Å²) >= 11 is 8.54. The fourth-order valence-electron chi connectivity index (χ4n) is 0.987. The molecule has 2 N–H and O–H groups in total. The van der Waals surface area contributed by atoms with Gasteiger partial charge in [0.15, 0.2) is 4.34 Å². The Bertz CT molecular complexity index is 473. The predicted octanol–water partition coefficient (Wildman–Crippen LogP) is 3.67. The van der Waals surface area contributed by atoms with Crippen molar-refractivity contribution in [3.63, 3.8) is 0 Å². The molecule has 0 amide bonds. The number of hydrogen-bond donors (Lipinski definition) is 1. The molecular weight excluding hydrogens is 255 g/mol. The molecule has 0 saturated carbocycles. The van der Waals surface area contributed by atoms with E-state index >= 15 is 0 Å². The van der Waals surface area contributed by atoms with Gasteiger partial charge in [0.2, 0.25) is 0 Å². The van der Waals surface area contributed by atoms with Crippen molar-refractivity contribution in [1.82, 2.24) is 4.98 Å². The number of nitrogens with zero attached hydrogens (tertiary/aromatic N) is 1. The first kappa shape index (κ1) is 10.7. The summed E-state index contributed by atoms with van der Waals surface area (Å²) in [6.45, 7) is 0. The smallest absolute Gasteiger partial charge is 0.154 e. The molecule has 15 heavy (non-hydrogen) atoms. The zero-order chi connectivity index (χ0) is 10.8. The summed E-state index contributed by atoms with van der Waals surface area (Å²) in [6.07, 6.45) is 1.70. The maximum absolute atomic E-state index is 13.0. The van der Waals surface area contributed by atoms with E-state index in [-0.39, 0.29) is 5.02 Å². The molecule has 0 saturated heterocycles. The van der Waals surface area contributed by atoms with E-state index < -0.39 is 5.82 Å². The summed E-state index contributed by atoms with van der Waals surface area (Å²) in [5.74, 6) is -0.502. The van der Waals surface area contributed by atoms with Gasteiger partial charge in [0, 0.05) is 22.2 Å². The van der Waals surface area contributed by atoms with Crippen molar-refractivity contribution < 1.29 is 4.39 Å². The Kier molecular flexibility index (Phi) is 3.14. The number of aromatic nitrogens is 1. The Hall–Kier alpha value is -0.780. The molecule has 0 spiro atoms. The molecule has 78 valence electrons. The van der Waals surface area contributed by atoms with Crippen LogP contribution in [0.2, 0.25) is 5.02 Å². The average molecular weight is 261 g/mol. The van der Waals surface area contributed by atoms with E-state index in [0.717, 1.165) is 9.24 Å². The van der Waals surface area contributed by atoms with Crippen molar-refractivity contribution in [2.75, 3.05) is 5.73 Å². The molecule has 2 rings (SSSR count). The number of hydrogen-bond acceptors (Lipinski definition) is 4. The lowest BCUT2D eigenvalue weighted by molar-refractivity contribution is 0.628. The molecule has 0 aliphatic heterocycles. The first-order chi connectivity index (χ1) is 7.16. The van der Waals surface area contributed by atoms with Crippen LogP contribution in [0.15, 0.2) is 32.9 Å². The highest BCUT2D eigenvalue weighted by Gasteiger charge is 2.08. The Morgan fingerprint density at radius 2 is 2.27 bits per heavy atom. The van der Waals surface area contributed by atoms with Crippen molar-refractivity contribution in [2.45, 2.75) is 9.24 Å². The van der Waals surface area contributed by atoms with E-state index in [1.165, 1.54) is 35.2 Å². The van der Waals surface area contributed by atoms with Crippen LogP contribution in [0.4, 0.5) is 10.1 Å². The number of thiazole rings is 1. The molecule has 0 aliphatic carbocycles. The molecule has 0 unspecified atom stereocenters. The van der Waals surface area contributed by atoms with Crippen LogP contribution in [0.5, 0.6) is 0 Å². The van der Waals surface area contributed by atoms with Crippen molar-refractivity contribution in [3.8, 4) is 0 Å². The lowest BCUT2D eigenvalue weighted by Gasteiger charge is -2.04. The lowest BCUT2D eigenvalue weighted by atomic mass is 10.3. The summed E-state index contributed by atoms with van der Waals surface area (Å²) in [4.78, 5) is 4.81. The maximum atomic E-state index is 13.0. The monoisotopic (exact) mass is 260 g/mol. The molecule has 1 heterocycles. The number of benzene rings is 1. The quantitative estimate of drug-likeness (QED) is 0.838. The summed E-state index contributed by atoms with van der Waals surface area (Å²) in [7, 11) is 0. The zero-order valence-corrected chi connectivity index (χ0v) is 9.80. The van der Waals surface area contributed by atoms with Crippen LogP contribution in [0.3, 0.4) is 0 Å². The van der Waals surface area contributed by atoms with Crippen LogP contribution in [0.25, 0.3) is 0 Å². The lowest BCUT2D eigenvalue weighted by Crippen LogP contribution is -1.90. The van der Waals surface area contributed by atoms with Crippen molar-refractivity contribution in [3.05, 3.63) is 34.5 Å². The van der Waals surface area contributed by atoms with E-state index in [0.29, 0.717) is 5.69 Å². The molecule has 0 radical (unpaired) electrons. The number of rotatable bonds is 2. The number of nitrogen functional groups attached to an aromatic ring is 1. The molecule has 6 heteroatoms. The second-order valence-corrected chi connectivity index (χ2v) is 5.30. The zero-order valence-electron chi connectivity index (χ0n) is 7.41. The minimum absolute atomic E-state index is 0.0725. The molecule has 0 aliphatic rings. The van der Waals surface area contributed by atoms with Gasteiger partial charge in [-0.05, 0) is 12.1 Å². The van der Waals surface area contributed by atoms with E-state index in [9.17, 15) is 4.39 Å². The van der Waals surface area contributed by atoms with Gasteiger partial charge in [-0.3, -0.25) is 0 Å². The summed E-state index contributed by atoms with van der Waals surface area (Å²) < 4.78 is 13.9. The average Bonchev–Trinajstić information content (AvgIpc) is 2.67. The Labute approximate surface area is 99.3 Å². The molecule has 2 aromatic rings. The van der Waals surface area contributed by atoms with Gasteiger partial charge in [0.1, 0.15) is 5.82 Å². The van der Waals surface area contributed by atoms with E-state index in [1.807, 2.05) is 5.38 Å². The Morgan fingerprint density at radius 1 is 1.47 bits per heavy atom. The third kappa shape index (κ3) is 2.42. The second-order valence-electron chi connectivity index (χ2n) is 2.70. The first-order valence-corrected chi connectivity index (χ1v) is 6.06. The van der Waals surface area contributed by atoms with Crippen LogP contribution in [-0.4, -0.2) is 4.98 Å². The highest BCUT2D eigenvalue weighted by molar-refractivity contribution is 8.01. The fraction of sp³-hybridized carbons (Fsp3) is 0. The van der Waals surface area contributed by atoms with Crippen molar-refractivity contribution in [2.24, 2.45) is 0 Å². The Balaban J connectivity index is 2.33. The van der Waals surface area contributed by atoms with Gasteiger partial charge in [-0.1, -0.05) is 23.4 Å². The predicted molar refractivity (Wildman–Crippen MR) is 62.1 cm³/mol. The van der Waals surface area contributed by atoms with Gasteiger partial charge in [-0.25, -0.2) is 9.37 Å². The molecule has 0 atom stereocenters. The minimum Gasteiger partial charge on any atom is -0.398 e. The molecule has 0 fully saturated rings. The van der Waals surface area contributed by atoms with Crippen LogP contribution in [0.1, 0.15) is 0 Å². The molecular formula is C9H6ClFN2S2. The van der Waals surface area contributed by atoms with Gasteiger partial charge in [-0.2, -0.15) is 0 Å². The van der Waals surface area contributed by atoms with Crippen LogP contribution in [-0.2, 0) is 0 Å². The Morgan fingerprint density at radius 3 is 2.93 bits per heavy atom. The third-order valence-corrected chi connectivity index (χ3v) is 3.91.